The van der Waals surface area contributed by atoms with Crippen LogP contribution in [-0.4, -0.2) is 52.6 Å². The van der Waals surface area contributed by atoms with Crippen LogP contribution in [0.25, 0.3) is 0 Å². The number of carbonyl (C=O) groups is 4. The number of nitrogens with one attached hydrogen (secondary N) is 2. The normalized spacial score (nSPS) is 19.4. The molecule has 2 aromatic carbocycles. The van der Waals surface area contributed by atoms with Gasteiger partial charge in [0, 0.05) is 5.69 Å². The molecule has 1 fully saturated rings. The molecule has 9 heteroatoms. The molecule has 1 aliphatic rings. The van der Waals surface area contributed by atoms with E-state index in [1.165, 1.54) is 4.90 Å². The standard InChI is InChI=1S/C29H37N3O6/c1-28(2,3)37-26(35)22-17-21(25(34)31-20-15-11-8-12-16-20)24(19-13-9-7-10-14-19)32(22)23(33)18-30-27(36)38-29(4,5)6/h7-16,21-22,24H,17-18H2,1-6H3,(H,30,36)(H,31,34). The van der Waals surface area contributed by atoms with Gasteiger partial charge in [-0.15, -0.1) is 0 Å². The molecule has 3 atom stereocenters. The zero-order valence-electron chi connectivity index (χ0n) is 22.8. The third-order valence-electron chi connectivity index (χ3n) is 5.76. The Hall–Kier alpha value is -3.88. The molecular formula is C29H37N3O6. The summed E-state index contributed by atoms with van der Waals surface area (Å²) in [4.78, 5) is 54.1. The van der Waals surface area contributed by atoms with Crippen molar-refractivity contribution in [2.75, 3.05) is 11.9 Å². The van der Waals surface area contributed by atoms with Gasteiger partial charge in [-0.1, -0.05) is 48.5 Å². The van der Waals surface area contributed by atoms with E-state index >= 15 is 0 Å². The third-order valence-corrected chi connectivity index (χ3v) is 5.76. The lowest BCUT2D eigenvalue weighted by Crippen LogP contribution is -2.48. The molecule has 0 bridgehead atoms. The van der Waals surface area contributed by atoms with Gasteiger partial charge in [0.15, 0.2) is 0 Å². The van der Waals surface area contributed by atoms with Gasteiger partial charge in [-0.25, -0.2) is 9.59 Å². The van der Waals surface area contributed by atoms with Crippen molar-refractivity contribution in [3.05, 3.63) is 66.2 Å². The highest BCUT2D eigenvalue weighted by Gasteiger charge is 2.51. The fourth-order valence-corrected chi connectivity index (χ4v) is 4.38. The van der Waals surface area contributed by atoms with E-state index < -0.39 is 53.7 Å². The van der Waals surface area contributed by atoms with Gasteiger partial charge in [-0.2, -0.15) is 0 Å². The van der Waals surface area contributed by atoms with E-state index in [-0.39, 0.29) is 12.3 Å². The second-order valence-electron chi connectivity index (χ2n) is 11.3. The van der Waals surface area contributed by atoms with E-state index in [0.29, 0.717) is 11.3 Å². The van der Waals surface area contributed by atoms with Crippen molar-refractivity contribution < 1.29 is 28.7 Å². The van der Waals surface area contributed by atoms with Crippen LogP contribution < -0.4 is 10.6 Å². The summed E-state index contributed by atoms with van der Waals surface area (Å²) in [5.41, 5.74) is -0.243. The topological polar surface area (TPSA) is 114 Å². The minimum atomic E-state index is -1.03. The lowest BCUT2D eigenvalue weighted by molar-refractivity contribution is -0.164. The van der Waals surface area contributed by atoms with Crippen LogP contribution in [0.15, 0.2) is 60.7 Å². The monoisotopic (exact) mass is 523 g/mol. The van der Waals surface area contributed by atoms with Crippen molar-refractivity contribution >= 4 is 29.6 Å². The van der Waals surface area contributed by atoms with E-state index in [1.807, 2.05) is 36.4 Å². The summed E-state index contributed by atoms with van der Waals surface area (Å²) >= 11 is 0. The third kappa shape index (κ3) is 7.81. The molecule has 3 rings (SSSR count). The van der Waals surface area contributed by atoms with Crippen molar-refractivity contribution in [2.24, 2.45) is 5.92 Å². The second kappa shape index (κ2) is 11.7. The molecule has 0 saturated carbocycles. The number of benzene rings is 2. The van der Waals surface area contributed by atoms with Gasteiger partial charge in [0.1, 0.15) is 23.8 Å². The number of hydrogen-bond donors (Lipinski definition) is 2. The number of alkyl carbamates (subject to hydrolysis) is 1. The molecule has 9 nitrogen and oxygen atoms in total. The zero-order valence-corrected chi connectivity index (χ0v) is 22.8. The van der Waals surface area contributed by atoms with Crippen molar-refractivity contribution in [3.63, 3.8) is 0 Å². The largest absolute Gasteiger partial charge is 0.458 e. The van der Waals surface area contributed by atoms with E-state index in [9.17, 15) is 19.2 Å². The van der Waals surface area contributed by atoms with Crippen LogP contribution in [0.5, 0.6) is 0 Å². The number of nitrogens with zero attached hydrogens (tertiary/aromatic N) is 1. The lowest BCUT2D eigenvalue weighted by atomic mass is 9.92. The van der Waals surface area contributed by atoms with Crippen LogP contribution in [-0.2, 0) is 23.9 Å². The van der Waals surface area contributed by atoms with E-state index in [0.717, 1.165) is 0 Å². The first-order chi connectivity index (χ1) is 17.7. The van der Waals surface area contributed by atoms with Gasteiger partial charge in [0.2, 0.25) is 11.8 Å². The quantitative estimate of drug-likeness (QED) is 0.541. The second-order valence-corrected chi connectivity index (χ2v) is 11.3. The van der Waals surface area contributed by atoms with Gasteiger partial charge in [-0.05, 0) is 65.7 Å². The van der Waals surface area contributed by atoms with Crippen LogP contribution in [0.4, 0.5) is 10.5 Å². The molecule has 38 heavy (non-hydrogen) atoms. The van der Waals surface area contributed by atoms with Gasteiger partial charge in [-0.3, -0.25) is 9.59 Å². The Morgan fingerprint density at radius 1 is 0.842 bits per heavy atom. The van der Waals surface area contributed by atoms with Gasteiger partial charge in [0.25, 0.3) is 0 Å². The summed E-state index contributed by atoms with van der Waals surface area (Å²) in [6, 6.07) is 16.3. The Labute approximate surface area is 223 Å². The summed E-state index contributed by atoms with van der Waals surface area (Å²) in [6.45, 7) is 9.96. The first-order valence-electron chi connectivity index (χ1n) is 12.7. The predicted octanol–water partition coefficient (Wildman–Crippen LogP) is 4.45. The van der Waals surface area contributed by atoms with Crippen molar-refractivity contribution in [3.8, 4) is 0 Å². The fraction of sp³-hybridized carbons (Fsp3) is 0.448. The van der Waals surface area contributed by atoms with E-state index in [2.05, 4.69) is 10.6 Å². The maximum Gasteiger partial charge on any atom is 0.408 e. The average molecular weight is 524 g/mol. The number of ether oxygens (including phenoxy) is 2. The molecule has 1 aliphatic heterocycles. The first kappa shape index (κ1) is 28.7. The molecule has 1 heterocycles. The molecule has 0 radical (unpaired) electrons. The molecule has 204 valence electrons. The number of esters is 1. The highest BCUT2D eigenvalue weighted by molar-refractivity contribution is 5.96. The van der Waals surface area contributed by atoms with Crippen LogP contribution in [0.2, 0.25) is 0 Å². The summed E-state index contributed by atoms with van der Waals surface area (Å²) in [5.74, 6) is -2.22. The van der Waals surface area contributed by atoms with E-state index in [1.54, 1.807) is 65.8 Å². The Morgan fingerprint density at radius 3 is 1.95 bits per heavy atom. The van der Waals surface area contributed by atoms with Crippen molar-refractivity contribution in [1.29, 1.82) is 0 Å². The average Bonchev–Trinajstić information content (AvgIpc) is 3.23. The Bertz CT molecular complexity index is 1140. The van der Waals surface area contributed by atoms with Crippen molar-refractivity contribution in [1.82, 2.24) is 10.2 Å². The molecule has 2 N–H and O–H groups in total. The lowest BCUT2D eigenvalue weighted by Gasteiger charge is -2.32. The number of amides is 3. The Morgan fingerprint density at radius 2 is 1.39 bits per heavy atom. The van der Waals surface area contributed by atoms with Crippen molar-refractivity contribution in [2.45, 2.75) is 71.2 Å². The molecule has 3 unspecified atom stereocenters. The van der Waals surface area contributed by atoms with Gasteiger partial charge in [0.05, 0.1) is 12.0 Å². The number of hydrogen-bond acceptors (Lipinski definition) is 6. The van der Waals surface area contributed by atoms with Gasteiger partial charge < -0.3 is 25.0 Å². The molecule has 0 spiro atoms. The fourth-order valence-electron chi connectivity index (χ4n) is 4.38. The number of anilines is 1. The number of rotatable bonds is 6. The SMILES string of the molecule is CC(C)(C)OC(=O)NCC(=O)N1C(C(=O)OC(C)(C)C)CC(C(=O)Nc2ccccc2)C1c1ccccc1. The maximum atomic E-state index is 13.6. The van der Waals surface area contributed by atoms with Crippen LogP contribution >= 0.6 is 0 Å². The smallest absolute Gasteiger partial charge is 0.408 e. The highest BCUT2D eigenvalue weighted by Crippen LogP contribution is 2.42. The number of likely N-dealkylation sites (tertiary alicyclic amines) is 1. The first-order valence-corrected chi connectivity index (χ1v) is 12.7. The summed E-state index contributed by atoms with van der Waals surface area (Å²) in [6.07, 6.45) is -0.695. The zero-order chi connectivity index (χ0) is 28.1. The molecule has 3 amide bonds. The summed E-state index contributed by atoms with van der Waals surface area (Å²) < 4.78 is 10.9. The summed E-state index contributed by atoms with van der Waals surface area (Å²) in [5, 5.41) is 5.38. The minimum absolute atomic E-state index is 0.0608. The Balaban J connectivity index is 1.96. The highest BCUT2D eigenvalue weighted by atomic mass is 16.6. The predicted molar refractivity (Wildman–Crippen MR) is 143 cm³/mol. The number of carbonyl (C=O) groups excluding carboxylic acids is 4. The Kier molecular flexibility index (Phi) is 8.81. The minimum Gasteiger partial charge on any atom is -0.458 e. The number of para-hydroxylation sites is 1. The molecule has 1 saturated heterocycles. The van der Waals surface area contributed by atoms with Crippen LogP contribution in [0.3, 0.4) is 0 Å². The van der Waals surface area contributed by atoms with E-state index in [4.69, 9.17) is 9.47 Å². The van der Waals surface area contributed by atoms with Gasteiger partial charge >= 0.3 is 12.1 Å². The molecular weight excluding hydrogens is 486 g/mol. The summed E-state index contributed by atoms with van der Waals surface area (Å²) in [7, 11) is 0. The molecule has 0 aromatic heterocycles. The maximum absolute atomic E-state index is 13.6. The molecule has 2 aromatic rings. The van der Waals surface area contributed by atoms with Crippen LogP contribution in [0, 0.1) is 5.92 Å². The van der Waals surface area contributed by atoms with Crippen LogP contribution in [0.1, 0.15) is 59.6 Å². The molecule has 0 aliphatic carbocycles.